The molecule has 1 aliphatic rings. The van der Waals surface area contributed by atoms with E-state index in [4.69, 9.17) is 4.74 Å². The molecule has 6 nitrogen and oxygen atoms in total. The molecule has 27 heavy (non-hydrogen) atoms. The second-order valence-electron chi connectivity index (χ2n) is 6.67. The molecule has 0 spiro atoms. The highest BCUT2D eigenvalue weighted by Gasteiger charge is 2.30. The quantitative estimate of drug-likeness (QED) is 0.557. The lowest BCUT2D eigenvalue weighted by Gasteiger charge is -2.42. The van der Waals surface area contributed by atoms with Crippen molar-refractivity contribution in [2.75, 3.05) is 37.7 Å². The van der Waals surface area contributed by atoms with Gasteiger partial charge < -0.3 is 19.9 Å². The summed E-state index contributed by atoms with van der Waals surface area (Å²) in [7, 11) is 0. The SMILES string of the molecule is CCNC(=O)N1CCN(c2ccc(F)cc2)CC1CCCCOC(=O)CC. The van der Waals surface area contributed by atoms with Crippen LogP contribution in [0.2, 0.25) is 0 Å². The zero-order chi connectivity index (χ0) is 19.6. The van der Waals surface area contributed by atoms with Crippen LogP contribution < -0.4 is 10.2 Å². The van der Waals surface area contributed by atoms with E-state index in [-0.39, 0.29) is 23.9 Å². The Bertz CT molecular complexity index is 609. The first kappa shape index (κ1) is 21.0. The van der Waals surface area contributed by atoms with E-state index in [1.165, 1.54) is 12.1 Å². The predicted octanol–water partition coefficient (Wildman–Crippen LogP) is 3.17. The van der Waals surface area contributed by atoms with Gasteiger partial charge in [0.2, 0.25) is 0 Å². The van der Waals surface area contributed by atoms with Crippen LogP contribution in [0, 0.1) is 5.82 Å². The van der Waals surface area contributed by atoms with Crippen molar-refractivity contribution in [2.45, 2.75) is 45.6 Å². The highest BCUT2D eigenvalue weighted by Crippen LogP contribution is 2.22. The number of amides is 2. The molecule has 1 fully saturated rings. The number of urea groups is 1. The average molecular weight is 379 g/mol. The summed E-state index contributed by atoms with van der Waals surface area (Å²) in [6.45, 7) is 6.74. The van der Waals surface area contributed by atoms with Crippen LogP contribution in [0.5, 0.6) is 0 Å². The van der Waals surface area contributed by atoms with E-state index in [2.05, 4.69) is 10.2 Å². The zero-order valence-corrected chi connectivity index (χ0v) is 16.2. The summed E-state index contributed by atoms with van der Waals surface area (Å²) < 4.78 is 18.3. The van der Waals surface area contributed by atoms with Gasteiger partial charge in [-0.25, -0.2) is 9.18 Å². The van der Waals surface area contributed by atoms with Gasteiger partial charge in [0.25, 0.3) is 0 Å². The van der Waals surface area contributed by atoms with Crippen molar-refractivity contribution < 1.29 is 18.7 Å². The molecule has 1 saturated heterocycles. The van der Waals surface area contributed by atoms with Crippen molar-refractivity contribution in [2.24, 2.45) is 0 Å². The Labute approximate surface area is 160 Å². The highest BCUT2D eigenvalue weighted by atomic mass is 19.1. The number of carbonyl (C=O) groups excluding carboxylic acids is 2. The van der Waals surface area contributed by atoms with Gasteiger partial charge in [-0.15, -0.1) is 0 Å². The average Bonchev–Trinajstić information content (AvgIpc) is 2.68. The van der Waals surface area contributed by atoms with Gasteiger partial charge in [-0.2, -0.15) is 0 Å². The third-order valence-electron chi connectivity index (χ3n) is 4.75. The number of unbranched alkanes of at least 4 members (excludes halogenated alkanes) is 1. The van der Waals surface area contributed by atoms with Crippen molar-refractivity contribution in [3.8, 4) is 0 Å². The van der Waals surface area contributed by atoms with E-state index in [9.17, 15) is 14.0 Å². The highest BCUT2D eigenvalue weighted by molar-refractivity contribution is 5.75. The maximum absolute atomic E-state index is 13.2. The molecule has 1 atom stereocenters. The van der Waals surface area contributed by atoms with Gasteiger partial charge in [-0.3, -0.25) is 4.79 Å². The molecule has 2 rings (SSSR count). The Kier molecular flexibility index (Phi) is 8.36. The van der Waals surface area contributed by atoms with Crippen LogP contribution in [-0.2, 0) is 9.53 Å². The fourth-order valence-electron chi connectivity index (χ4n) is 3.28. The summed E-state index contributed by atoms with van der Waals surface area (Å²) in [5.41, 5.74) is 0.967. The second-order valence-corrected chi connectivity index (χ2v) is 6.67. The van der Waals surface area contributed by atoms with Crippen molar-refractivity contribution in [1.82, 2.24) is 10.2 Å². The predicted molar refractivity (Wildman–Crippen MR) is 103 cm³/mol. The molecular formula is C20H30FN3O3. The number of piperazine rings is 1. The molecule has 2 amide bonds. The minimum atomic E-state index is -0.252. The summed E-state index contributed by atoms with van der Waals surface area (Å²) in [6.07, 6.45) is 2.87. The number of rotatable bonds is 8. The lowest BCUT2D eigenvalue weighted by atomic mass is 10.0. The van der Waals surface area contributed by atoms with E-state index < -0.39 is 0 Å². The van der Waals surface area contributed by atoms with Crippen molar-refractivity contribution in [3.63, 3.8) is 0 Å². The van der Waals surface area contributed by atoms with Gasteiger partial charge in [0.1, 0.15) is 5.82 Å². The van der Waals surface area contributed by atoms with E-state index in [1.807, 2.05) is 11.8 Å². The molecule has 1 aliphatic heterocycles. The third kappa shape index (κ3) is 6.41. The minimum Gasteiger partial charge on any atom is -0.466 e. The number of carbonyl (C=O) groups is 2. The maximum atomic E-state index is 13.2. The van der Waals surface area contributed by atoms with E-state index in [0.717, 1.165) is 24.9 Å². The number of nitrogens with zero attached hydrogens (tertiary/aromatic N) is 2. The van der Waals surface area contributed by atoms with E-state index >= 15 is 0 Å². The molecule has 1 N–H and O–H groups in total. The van der Waals surface area contributed by atoms with Crippen LogP contribution >= 0.6 is 0 Å². The Hall–Kier alpha value is -2.31. The van der Waals surface area contributed by atoms with Crippen molar-refractivity contribution >= 4 is 17.7 Å². The molecule has 1 unspecified atom stereocenters. The Morgan fingerprint density at radius 2 is 1.93 bits per heavy atom. The first-order chi connectivity index (χ1) is 13.0. The number of nitrogens with one attached hydrogen (secondary N) is 1. The van der Waals surface area contributed by atoms with Crippen LogP contribution in [0.1, 0.15) is 39.5 Å². The summed E-state index contributed by atoms with van der Waals surface area (Å²) in [4.78, 5) is 27.7. The van der Waals surface area contributed by atoms with E-state index in [1.54, 1.807) is 19.1 Å². The largest absolute Gasteiger partial charge is 0.466 e. The van der Waals surface area contributed by atoms with Crippen LogP contribution in [0.25, 0.3) is 0 Å². The monoisotopic (exact) mass is 379 g/mol. The number of hydrogen-bond acceptors (Lipinski definition) is 4. The van der Waals surface area contributed by atoms with Gasteiger partial charge in [0.05, 0.1) is 12.6 Å². The second kappa shape index (κ2) is 10.7. The number of esters is 1. The third-order valence-corrected chi connectivity index (χ3v) is 4.75. The zero-order valence-electron chi connectivity index (χ0n) is 16.2. The summed E-state index contributed by atoms with van der Waals surface area (Å²) >= 11 is 0. The number of hydrogen-bond donors (Lipinski definition) is 1. The normalized spacial score (nSPS) is 16.9. The molecule has 0 saturated carbocycles. The Morgan fingerprint density at radius 1 is 1.19 bits per heavy atom. The Morgan fingerprint density at radius 3 is 2.59 bits per heavy atom. The van der Waals surface area contributed by atoms with Gasteiger partial charge in [0.15, 0.2) is 0 Å². The number of ether oxygens (including phenoxy) is 1. The van der Waals surface area contributed by atoms with Gasteiger partial charge in [-0.05, 0) is 50.5 Å². The molecule has 1 aromatic rings. The fraction of sp³-hybridized carbons (Fsp3) is 0.600. The van der Waals surface area contributed by atoms with Crippen LogP contribution in [0.3, 0.4) is 0 Å². The van der Waals surface area contributed by atoms with E-state index in [0.29, 0.717) is 39.2 Å². The molecule has 150 valence electrons. The van der Waals surface area contributed by atoms with Crippen LogP contribution in [0.15, 0.2) is 24.3 Å². The summed E-state index contributed by atoms with van der Waals surface area (Å²) in [6, 6.07) is 6.50. The maximum Gasteiger partial charge on any atom is 0.317 e. The van der Waals surface area contributed by atoms with Gasteiger partial charge >= 0.3 is 12.0 Å². The molecule has 0 bridgehead atoms. The van der Waals surface area contributed by atoms with Crippen molar-refractivity contribution in [1.29, 1.82) is 0 Å². The van der Waals surface area contributed by atoms with Gasteiger partial charge in [-0.1, -0.05) is 6.92 Å². The number of benzene rings is 1. The molecule has 7 heteroatoms. The van der Waals surface area contributed by atoms with Crippen LogP contribution in [-0.4, -0.2) is 55.7 Å². The first-order valence-corrected chi connectivity index (χ1v) is 9.75. The molecule has 0 aliphatic carbocycles. The summed E-state index contributed by atoms with van der Waals surface area (Å²) in [5, 5.41) is 2.88. The fourth-order valence-corrected chi connectivity index (χ4v) is 3.28. The lowest BCUT2D eigenvalue weighted by molar-refractivity contribution is -0.143. The van der Waals surface area contributed by atoms with Crippen LogP contribution in [0.4, 0.5) is 14.9 Å². The van der Waals surface area contributed by atoms with Gasteiger partial charge in [0, 0.05) is 38.3 Å². The number of halogens is 1. The summed E-state index contributed by atoms with van der Waals surface area (Å²) in [5.74, 6) is -0.433. The molecule has 1 aromatic carbocycles. The lowest BCUT2D eigenvalue weighted by Crippen LogP contribution is -2.57. The topological polar surface area (TPSA) is 61.9 Å². The molecular weight excluding hydrogens is 349 g/mol. The molecule has 0 aromatic heterocycles. The standard InChI is InChI=1S/C20H30FN3O3/c1-3-19(25)27-14-6-5-7-18-15-23(17-10-8-16(21)9-11-17)12-13-24(18)20(26)22-4-2/h8-11,18H,3-7,12-15H2,1-2H3,(H,22,26). The first-order valence-electron chi connectivity index (χ1n) is 9.75. The molecule has 1 heterocycles. The van der Waals surface area contributed by atoms with Crippen molar-refractivity contribution in [3.05, 3.63) is 30.1 Å². The smallest absolute Gasteiger partial charge is 0.317 e. The number of anilines is 1. The molecule has 0 radical (unpaired) electrons. The minimum absolute atomic E-state index is 0.0429. The Balaban J connectivity index is 1.93.